The molecular formula is C13H13FN2O2. The van der Waals surface area contributed by atoms with Crippen LogP contribution in [0.5, 0.6) is 0 Å². The molecule has 1 aliphatic carbocycles. The SMILES string of the molecule is O=C(CN1C(=O)[C@@H]2CC[C@H]1C2)c1ccc(F)cn1. The lowest BCUT2D eigenvalue weighted by molar-refractivity contribution is -0.133. The van der Waals surface area contributed by atoms with E-state index in [2.05, 4.69) is 4.98 Å². The number of hydrogen-bond donors (Lipinski definition) is 0. The Balaban J connectivity index is 1.71. The highest BCUT2D eigenvalue weighted by molar-refractivity contribution is 5.98. The van der Waals surface area contributed by atoms with Gasteiger partial charge >= 0.3 is 0 Å². The largest absolute Gasteiger partial charge is 0.332 e. The van der Waals surface area contributed by atoms with Crippen LogP contribution in [0.25, 0.3) is 0 Å². The quantitative estimate of drug-likeness (QED) is 0.760. The van der Waals surface area contributed by atoms with Gasteiger partial charge in [0.25, 0.3) is 0 Å². The summed E-state index contributed by atoms with van der Waals surface area (Å²) >= 11 is 0. The summed E-state index contributed by atoms with van der Waals surface area (Å²) in [5.41, 5.74) is 0.215. The number of Topliss-reactive ketones (excluding diaryl/α,β-unsaturated/α-hetero) is 1. The van der Waals surface area contributed by atoms with Crippen molar-refractivity contribution in [3.05, 3.63) is 29.8 Å². The van der Waals surface area contributed by atoms with E-state index in [1.165, 1.54) is 12.1 Å². The van der Waals surface area contributed by atoms with Gasteiger partial charge in [0.05, 0.1) is 12.7 Å². The summed E-state index contributed by atoms with van der Waals surface area (Å²) < 4.78 is 12.7. The zero-order valence-corrected chi connectivity index (χ0v) is 9.80. The van der Waals surface area contributed by atoms with Crippen molar-refractivity contribution in [3.8, 4) is 0 Å². The predicted molar refractivity (Wildman–Crippen MR) is 61.4 cm³/mol. The van der Waals surface area contributed by atoms with Crippen molar-refractivity contribution >= 4 is 11.7 Å². The van der Waals surface area contributed by atoms with Crippen molar-refractivity contribution in [2.24, 2.45) is 5.92 Å². The highest BCUT2D eigenvalue weighted by Gasteiger charge is 2.45. The van der Waals surface area contributed by atoms with Crippen LogP contribution in [0.3, 0.4) is 0 Å². The van der Waals surface area contributed by atoms with Crippen molar-refractivity contribution < 1.29 is 14.0 Å². The van der Waals surface area contributed by atoms with Gasteiger partial charge in [0.15, 0.2) is 5.78 Å². The van der Waals surface area contributed by atoms with E-state index in [0.29, 0.717) is 0 Å². The first-order valence-electron chi connectivity index (χ1n) is 6.10. The molecule has 3 rings (SSSR count). The van der Waals surface area contributed by atoms with E-state index >= 15 is 0 Å². The number of likely N-dealkylation sites (tertiary alicyclic amines) is 1. The fourth-order valence-electron chi connectivity index (χ4n) is 2.86. The van der Waals surface area contributed by atoms with Crippen LogP contribution in [-0.4, -0.2) is 34.2 Å². The first-order chi connectivity index (χ1) is 8.65. The zero-order chi connectivity index (χ0) is 12.7. The normalized spacial score (nSPS) is 25.8. The fraction of sp³-hybridized carbons (Fsp3) is 0.462. The summed E-state index contributed by atoms with van der Waals surface area (Å²) in [5.74, 6) is -0.496. The summed E-state index contributed by atoms with van der Waals surface area (Å²) in [4.78, 5) is 29.2. The van der Waals surface area contributed by atoms with Crippen LogP contribution in [0.2, 0.25) is 0 Å². The van der Waals surface area contributed by atoms with Crippen LogP contribution in [0.15, 0.2) is 18.3 Å². The smallest absolute Gasteiger partial charge is 0.226 e. The minimum atomic E-state index is -0.470. The number of fused-ring (bicyclic) bond motifs is 2. The van der Waals surface area contributed by atoms with Crippen molar-refractivity contribution in [2.45, 2.75) is 25.3 Å². The molecule has 0 radical (unpaired) electrons. The molecule has 1 aromatic heterocycles. The van der Waals surface area contributed by atoms with E-state index in [9.17, 15) is 14.0 Å². The van der Waals surface area contributed by atoms with Gasteiger partial charge in [-0.25, -0.2) is 4.39 Å². The van der Waals surface area contributed by atoms with Crippen LogP contribution in [0.1, 0.15) is 29.8 Å². The third-order valence-electron chi connectivity index (χ3n) is 3.81. The molecule has 18 heavy (non-hydrogen) atoms. The van der Waals surface area contributed by atoms with Crippen LogP contribution < -0.4 is 0 Å². The molecule has 94 valence electrons. The van der Waals surface area contributed by atoms with Crippen LogP contribution >= 0.6 is 0 Å². The Bertz CT molecular complexity index is 500. The molecule has 4 nitrogen and oxygen atoms in total. The lowest BCUT2D eigenvalue weighted by Crippen LogP contribution is -2.40. The van der Waals surface area contributed by atoms with E-state index in [1.807, 2.05) is 0 Å². The molecule has 2 atom stereocenters. The molecule has 1 aromatic rings. The third kappa shape index (κ3) is 1.79. The molecule has 5 heteroatoms. The lowest BCUT2D eigenvalue weighted by atomic mass is 10.1. The number of ketones is 1. The minimum Gasteiger partial charge on any atom is -0.332 e. The summed E-state index contributed by atoms with van der Waals surface area (Å²) in [6, 6.07) is 2.78. The Morgan fingerprint density at radius 3 is 2.89 bits per heavy atom. The fourth-order valence-corrected chi connectivity index (χ4v) is 2.86. The first-order valence-corrected chi connectivity index (χ1v) is 6.10. The average molecular weight is 248 g/mol. The van der Waals surface area contributed by atoms with Gasteiger partial charge in [-0.05, 0) is 31.4 Å². The Kier molecular flexibility index (Phi) is 2.61. The van der Waals surface area contributed by atoms with Crippen molar-refractivity contribution in [3.63, 3.8) is 0 Å². The number of carbonyl (C=O) groups excluding carboxylic acids is 2. The highest BCUT2D eigenvalue weighted by Crippen LogP contribution is 2.38. The molecule has 2 bridgehead atoms. The molecule has 1 aliphatic heterocycles. The molecule has 1 amide bonds. The maximum absolute atomic E-state index is 12.7. The van der Waals surface area contributed by atoms with Crippen LogP contribution in [0.4, 0.5) is 4.39 Å². The molecule has 0 spiro atoms. The Labute approximate surface area is 104 Å². The Hall–Kier alpha value is -1.78. The second kappa shape index (κ2) is 4.15. The molecule has 2 aliphatic rings. The van der Waals surface area contributed by atoms with Crippen LogP contribution in [-0.2, 0) is 4.79 Å². The second-order valence-corrected chi connectivity index (χ2v) is 4.91. The number of pyridine rings is 1. The zero-order valence-electron chi connectivity index (χ0n) is 9.80. The first kappa shape index (κ1) is 11.3. The van der Waals surface area contributed by atoms with E-state index in [0.717, 1.165) is 25.5 Å². The maximum atomic E-state index is 12.7. The molecule has 1 saturated carbocycles. The van der Waals surface area contributed by atoms with Gasteiger partial charge in [0.1, 0.15) is 11.5 Å². The predicted octanol–water partition coefficient (Wildman–Crippen LogP) is 1.41. The molecule has 0 unspecified atom stereocenters. The number of hydrogen-bond acceptors (Lipinski definition) is 3. The maximum Gasteiger partial charge on any atom is 0.226 e. The van der Waals surface area contributed by atoms with E-state index in [1.54, 1.807) is 4.90 Å². The van der Waals surface area contributed by atoms with Crippen molar-refractivity contribution in [2.75, 3.05) is 6.54 Å². The summed E-state index contributed by atoms with van der Waals surface area (Å²) in [6.45, 7) is 0.0681. The second-order valence-electron chi connectivity index (χ2n) is 4.91. The molecule has 0 aromatic carbocycles. The summed E-state index contributed by atoms with van der Waals surface area (Å²) in [5, 5.41) is 0. The molecule has 1 saturated heterocycles. The molecule has 2 heterocycles. The van der Waals surface area contributed by atoms with Gasteiger partial charge in [-0.2, -0.15) is 0 Å². The van der Waals surface area contributed by atoms with Gasteiger partial charge < -0.3 is 4.90 Å². The van der Waals surface area contributed by atoms with E-state index < -0.39 is 5.82 Å². The van der Waals surface area contributed by atoms with E-state index in [4.69, 9.17) is 0 Å². The van der Waals surface area contributed by atoms with Crippen molar-refractivity contribution in [1.82, 2.24) is 9.88 Å². The van der Waals surface area contributed by atoms with Gasteiger partial charge in [-0.3, -0.25) is 14.6 Å². The topological polar surface area (TPSA) is 50.3 Å². The van der Waals surface area contributed by atoms with Gasteiger partial charge in [0.2, 0.25) is 5.91 Å². The number of rotatable bonds is 3. The number of amides is 1. The monoisotopic (exact) mass is 248 g/mol. The standard InChI is InChI=1S/C13H13FN2O2/c14-9-2-4-11(15-6-9)12(17)7-16-10-3-1-8(5-10)13(16)18/h2,4,6,8,10H,1,3,5,7H2/t8-,10+/m1/s1. The number of nitrogens with zero attached hydrogens (tertiary/aromatic N) is 2. The number of aromatic nitrogens is 1. The molecule has 0 N–H and O–H groups in total. The average Bonchev–Trinajstić information content (AvgIpc) is 2.94. The third-order valence-corrected chi connectivity index (χ3v) is 3.81. The Morgan fingerprint density at radius 1 is 1.44 bits per heavy atom. The van der Waals surface area contributed by atoms with Gasteiger partial charge in [0, 0.05) is 12.0 Å². The van der Waals surface area contributed by atoms with Crippen molar-refractivity contribution in [1.29, 1.82) is 0 Å². The van der Waals surface area contributed by atoms with E-state index in [-0.39, 0.29) is 35.9 Å². The summed E-state index contributed by atoms with van der Waals surface area (Å²) in [7, 11) is 0. The van der Waals surface area contributed by atoms with Crippen LogP contribution in [0, 0.1) is 11.7 Å². The number of halogens is 1. The molecule has 2 fully saturated rings. The number of carbonyl (C=O) groups is 2. The van der Waals surface area contributed by atoms with Gasteiger partial charge in [-0.15, -0.1) is 0 Å². The Morgan fingerprint density at radius 2 is 2.28 bits per heavy atom. The summed E-state index contributed by atoms with van der Waals surface area (Å²) in [6.07, 6.45) is 3.83. The molecular weight excluding hydrogens is 235 g/mol. The lowest BCUT2D eigenvalue weighted by Gasteiger charge is -2.26. The van der Waals surface area contributed by atoms with Gasteiger partial charge in [-0.1, -0.05) is 0 Å². The number of piperidine rings is 1. The minimum absolute atomic E-state index is 0.0681. The highest BCUT2D eigenvalue weighted by atomic mass is 19.1.